The Hall–Kier alpha value is -1.59. The van der Waals surface area contributed by atoms with Gasteiger partial charge in [-0.3, -0.25) is 0 Å². The van der Waals surface area contributed by atoms with Crippen LogP contribution in [0.4, 0.5) is 0 Å². The van der Waals surface area contributed by atoms with Crippen LogP contribution in [-0.2, 0) is 20.8 Å². The van der Waals surface area contributed by atoms with Crippen LogP contribution in [0.15, 0.2) is 24.3 Å². The SMILES string of the molecule is COCC(=O)OC(C)CNCc1ccc(OC)cc1. The summed E-state index contributed by atoms with van der Waals surface area (Å²) in [4.78, 5) is 11.2. The normalized spacial score (nSPS) is 11.9. The molecule has 5 nitrogen and oxygen atoms in total. The Morgan fingerprint density at radius 1 is 1.26 bits per heavy atom. The third kappa shape index (κ3) is 6.22. The highest BCUT2D eigenvalue weighted by molar-refractivity contribution is 5.70. The second-order valence-corrected chi connectivity index (χ2v) is 4.21. The van der Waals surface area contributed by atoms with E-state index < -0.39 is 0 Å². The van der Waals surface area contributed by atoms with Crippen LogP contribution in [0.5, 0.6) is 5.75 Å². The van der Waals surface area contributed by atoms with Gasteiger partial charge in [-0.25, -0.2) is 4.79 Å². The number of methoxy groups -OCH3 is 2. The fraction of sp³-hybridized carbons (Fsp3) is 0.500. The monoisotopic (exact) mass is 267 g/mol. The molecule has 0 aliphatic carbocycles. The van der Waals surface area contributed by atoms with E-state index in [-0.39, 0.29) is 18.7 Å². The number of benzene rings is 1. The third-order valence-electron chi connectivity index (χ3n) is 2.51. The highest BCUT2D eigenvalue weighted by Gasteiger charge is 2.08. The lowest BCUT2D eigenvalue weighted by Crippen LogP contribution is -2.29. The maximum Gasteiger partial charge on any atom is 0.332 e. The minimum atomic E-state index is -0.346. The van der Waals surface area contributed by atoms with Crippen molar-refractivity contribution in [1.82, 2.24) is 5.32 Å². The lowest BCUT2D eigenvalue weighted by molar-refractivity contribution is -0.152. The molecule has 0 amide bonds. The molecule has 1 aromatic rings. The van der Waals surface area contributed by atoms with E-state index in [0.717, 1.165) is 17.9 Å². The maximum absolute atomic E-state index is 11.2. The fourth-order valence-electron chi connectivity index (χ4n) is 1.58. The first-order chi connectivity index (χ1) is 9.15. The topological polar surface area (TPSA) is 56.8 Å². The highest BCUT2D eigenvalue weighted by Crippen LogP contribution is 2.10. The second kappa shape index (κ2) is 8.50. The quantitative estimate of drug-likeness (QED) is 0.721. The van der Waals surface area contributed by atoms with Gasteiger partial charge in [-0.1, -0.05) is 12.1 Å². The van der Waals surface area contributed by atoms with E-state index in [9.17, 15) is 4.79 Å². The van der Waals surface area contributed by atoms with Crippen LogP contribution in [0.1, 0.15) is 12.5 Å². The van der Waals surface area contributed by atoms with Crippen molar-refractivity contribution in [2.75, 3.05) is 27.4 Å². The van der Waals surface area contributed by atoms with Gasteiger partial charge in [-0.15, -0.1) is 0 Å². The van der Waals surface area contributed by atoms with Crippen LogP contribution < -0.4 is 10.1 Å². The van der Waals surface area contributed by atoms with E-state index in [1.807, 2.05) is 31.2 Å². The summed E-state index contributed by atoms with van der Waals surface area (Å²) in [5.74, 6) is 0.492. The first kappa shape index (κ1) is 15.5. The van der Waals surface area contributed by atoms with Crippen LogP contribution in [0.25, 0.3) is 0 Å². The predicted octanol–water partition coefficient (Wildman–Crippen LogP) is 1.36. The fourth-order valence-corrected chi connectivity index (χ4v) is 1.58. The summed E-state index contributed by atoms with van der Waals surface area (Å²) in [5.41, 5.74) is 1.15. The summed E-state index contributed by atoms with van der Waals surface area (Å²) in [5, 5.41) is 3.23. The molecule has 0 saturated carbocycles. The van der Waals surface area contributed by atoms with E-state index >= 15 is 0 Å². The molecule has 19 heavy (non-hydrogen) atoms. The van der Waals surface area contributed by atoms with Crippen molar-refractivity contribution < 1.29 is 19.0 Å². The molecule has 0 spiro atoms. The zero-order chi connectivity index (χ0) is 14.1. The van der Waals surface area contributed by atoms with Gasteiger partial charge in [0.25, 0.3) is 0 Å². The van der Waals surface area contributed by atoms with E-state index in [4.69, 9.17) is 14.2 Å². The Kier molecular flexibility index (Phi) is 6.92. The molecule has 1 N–H and O–H groups in total. The van der Waals surface area contributed by atoms with Crippen LogP contribution in [0, 0.1) is 0 Å². The van der Waals surface area contributed by atoms with Crippen molar-refractivity contribution >= 4 is 5.97 Å². The minimum absolute atomic E-state index is 0.0111. The van der Waals surface area contributed by atoms with Crippen LogP contribution >= 0.6 is 0 Å². The molecule has 0 aliphatic rings. The largest absolute Gasteiger partial charge is 0.497 e. The molecule has 0 bridgehead atoms. The zero-order valence-electron chi connectivity index (χ0n) is 11.6. The first-order valence-corrected chi connectivity index (χ1v) is 6.17. The molecule has 1 unspecified atom stereocenters. The molecule has 1 atom stereocenters. The molecular weight excluding hydrogens is 246 g/mol. The molecule has 1 aromatic carbocycles. The van der Waals surface area contributed by atoms with Crippen molar-refractivity contribution in [1.29, 1.82) is 0 Å². The molecule has 0 fully saturated rings. The van der Waals surface area contributed by atoms with Gasteiger partial charge >= 0.3 is 5.97 Å². The summed E-state index contributed by atoms with van der Waals surface area (Å²) in [6, 6.07) is 7.82. The summed E-state index contributed by atoms with van der Waals surface area (Å²) in [7, 11) is 3.11. The Balaban J connectivity index is 2.23. The van der Waals surface area contributed by atoms with Crippen LogP contribution in [-0.4, -0.2) is 39.4 Å². The molecule has 106 valence electrons. The third-order valence-corrected chi connectivity index (χ3v) is 2.51. The Morgan fingerprint density at radius 3 is 2.53 bits per heavy atom. The first-order valence-electron chi connectivity index (χ1n) is 6.17. The average molecular weight is 267 g/mol. The standard InChI is InChI=1S/C14H21NO4/c1-11(19-14(16)10-17-2)8-15-9-12-4-6-13(18-3)7-5-12/h4-7,11,15H,8-10H2,1-3H3. The number of carbonyl (C=O) groups is 1. The average Bonchev–Trinajstić information content (AvgIpc) is 2.39. The molecule has 0 aromatic heterocycles. The number of nitrogens with one attached hydrogen (secondary N) is 1. The van der Waals surface area contributed by atoms with Gasteiger partial charge in [0, 0.05) is 20.2 Å². The van der Waals surface area contributed by atoms with E-state index in [1.165, 1.54) is 7.11 Å². The van der Waals surface area contributed by atoms with Gasteiger partial charge in [-0.2, -0.15) is 0 Å². The smallest absolute Gasteiger partial charge is 0.332 e. The van der Waals surface area contributed by atoms with Crippen LogP contribution in [0.2, 0.25) is 0 Å². The van der Waals surface area contributed by atoms with Crippen molar-refractivity contribution in [3.8, 4) is 5.75 Å². The minimum Gasteiger partial charge on any atom is -0.497 e. The Bertz CT molecular complexity index is 378. The molecule has 5 heteroatoms. The number of rotatable bonds is 8. The van der Waals surface area contributed by atoms with Gasteiger partial charge in [0.05, 0.1) is 7.11 Å². The van der Waals surface area contributed by atoms with E-state index in [2.05, 4.69) is 5.32 Å². The van der Waals surface area contributed by atoms with Gasteiger partial charge < -0.3 is 19.5 Å². The number of ether oxygens (including phenoxy) is 3. The zero-order valence-corrected chi connectivity index (χ0v) is 11.6. The summed E-state index contributed by atoms with van der Waals surface area (Å²) in [6.07, 6.45) is -0.180. The molecule has 1 rings (SSSR count). The number of hydrogen-bond acceptors (Lipinski definition) is 5. The van der Waals surface area contributed by atoms with Crippen molar-refractivity contribution in [2.45, 2.75) is 19.6 Å². The van der Waals surface area contributed by atoms with Crippen molar-refractivity contribution in [3.63, 3.8) is 0 Å². The lowest BCUT2D eigenvalue weighted by atomic mass is 10.2. The van der Waals surface area contributed by atoms with Gasteiger partial charge in [0.1, 0.15) is 18.5 Å². The second-order valence-electron chi connectivity index (χ2n) is 4.21. The molecule has 0 radical (unpaired) electrons. The maximum atomic E-state index is 11.2. The number of carbonyl (C=O) groups excluding carboxylic acids is 1. The molecular formula is C14H21NO4. The molecule has 0 saturated heterocycles. The van der Waals surface area contributed by atoms with Gasteiger partial charge in [-0.05, 0) is 24.6 Å². The Morgan fingerprint density at radius 2 is 1.95 bits per heavy atom. The van der Waals surface area contributed by atoms with Crippen molar-refractivity contribution in [2.24, 2.45) is 0 Å². The summed E-state index contributed by atoms with van der Waals surface area (Å²) >= 11 is 0. The molecule has 0 heterocycles. The van der Waals surface area contributed by atoms with E-state index in [1.54, 1.807) is 7.11 Å². The van der Waals surface area contributed by atoms with Gasteiger partial charge in [0.15, 0.2) is 0 Å². The summed E-state index contributed by atoms with van der Waals surface area (Å²) in [6.45, 7) is 3.15. The highest BCUT2D eigenvalue weighted by atomic mass is 16.6. The van der Waals surface area contributed by atoms with Crippen LogP contribution in [0.3, 0.4) is 0 Å². The molecule has 0 aliphatic heterocycles. The Labute approximate surface area is 113 Å². The number of esters is 1. The van der Waals surface area contributed by atoms with Gasteiger partial charge in [0.2, 0.25) is 0 Å². The van der Waals surface area contributed by atoms with Crippen molar-refractivity contribution in [3.05, 3.63) is 29.8 Å². The lowest BCUT2D eigenvalue weighted by Gasteiger charge is -2.14. The van der Waals surface area contributed by atoms with E-state index in [0.29, 0.717) is 6.54 Å². The number of hydrogen-bond donors (Lipinski definition) is 1. The summed E-state index contributed by atoms with van der Waals surface area (Å²) < 4.78 is 14.9. The predicted molar refractivity (Wildman–Crippen MR) is 72.1 cm³/mol.